The lowest BCUT2D eigenvalue weighted by atomic mass is 9.96. The van der Waals surface area contributed by atoms with Crippen molar-refractivity contribution in [2.45, 2.75) is 45.4 Å². The lowest BCUT2D eigenvalue weighted by Crippen LogP contribution is -2.24. The summed E-state index contributed by atoms with van der Waals surface area (Å²) in [5, 5.41) is 8.15. The normalized spacial score (nSPS) is 21.0. The smallest absolute Gasteiger partial charge is 0.318 e. The highest BCUT2D eigenvalue weighted by Crippen LogP contribution is 2.24. The van der Waals surface area contributed by atoms with Crippen molar-refractivity contribution in [2.75, 3.05) is 24.5 Å². The molecule has 102 valence electrons. The van der Waals surface area contributed by atoms with Crippen molar-refractivity contribution in [1.82, 2.24) is 10.2 Å². The van der Waals surface area contributed by atoms with Crippen molar-refractivity contribution in [2.24, 2.45) is 11.7 Å². The van der Waals surface area contributed by atoms with E-state index in [0.29, 0.717) is 24.9 Å². The van der Waals surface area contributed by atoms with Crippen molar-refractivity contribution >= 4 is 6.01 Å². The van der Waals surface area contributed by atoms with Gasteiger partial charge in [-0.15, -0.1) is 5.10 Å². The van der Waals surface area contributed by atoms with Crippen LogP contribution in [0.15, 0.2) is 4.42 Å². The highest BCUT2D eigenvalue weighted by Gasteiger charge is 2.20. The highest BCUT2D eigenvalue weighted by molar-refractivity contribution is 5.24. The molecule has 1 aromatic rings. The standard InChI is InChI=1S/C13H24N4O/c1-2-4-11-5-3-9-17(10-7-11)13-16-15-12(18-13)6-8-14/h11H,2-10,14H2,1H3. The summed E-state index contributed by atoms with van der Waals surface area (Å²) in [6.07, 6.45) is 7.08. The van der Waals surface area contributed by atoms with Crippen molar-refractivity contribution < 1.29 is 4.42 Å². The Morgan fingerprint density at radius 2 is 2.22 bits per heavy atom. The lowest BCUT2D eigenvalue weighted by Gasteiger charge is -2.17. The van der Waals surface area contributed by atoms with Gasteiger partial charge in [-0.3, -0.25) is 0 Å². The lowest BCUT2D eigenvalue weighted by molar-refractivity contribution is 0.433. The molecule has 0 amide bonds. The fourth-order valence-electron chi connectivity index (χ4n) is 2.65. The molecule has 5 nitrogen and oxygen atoms in total. The van der Waals surface area contributed by atoms with Gasteiger partial charge in [0.15, 0.2) is 0 Å². The van der Waals surface area contributed by atoms with Gasteiger partial charge in [0.1, 0.15) is 0 Å². The number of nitrogens with zero attached hydrogens (tertiary/aromatic N) is 3. The van der Waals surface area contributed by atoms with Gasteiger partial charge in [-0.1, -0.05) is 24.9 Å². The Hall–Kier alpha value is -1.10. The maximum Gasteiger partial charge on any atom is 0.318 e. The summed E-state index contributed by atoms with van der Waals surface area (Å²) in [4.78, 5) is 2.22. The molecule has 0 bridgehead atoms. The van der Waals surface area contributed by atoms with Crippen molar-refractivity contribution in [1.29, 1.82) is 0 Å². The van der Waals surface area contributed by atoms with Crippen LogP contribution in [-0.2, 0) is 6.42 Å². The first-order valence-corrected chi connectivity index (χ1v) is 7.11. The Labute approximate surface area is 109 Å². The quantitative estimate of drug-likeness (QED) is 0.867. The minimum absolute atomic E-state index is 0.556. The van der Waals surface area contributed by atoms with Crippen LogP contribution in [0.1, 0.15) is 44.9 Å². The van der Waals surface area contributed by atoms with Crippen LogP contribution in [0.3, 0.4) is 0 Å². The first-order valence-electron chi connectivity index (χ1n) is 7.11. The molecular weight excluding hydrogens is 228 g/mol. The zero-order chi connectivity index (χ0) is 12.8. The Bertz CT molecular complexity index is 353. The number of anilines is 1. The summed E-state index contributed by atoms with van der Waals surface area (Å²) in [5.41, 5.74) is 5.48. The minimum Gasteiger partial charge on any atom is -0.408 e. The Balaban J connectivity index is 1.92. The van der Waals surface area contributed by atoms with Crippen LogP contribution >= 0.6 is 0 Å². The third kappa shape index (κ3) is 3.45. The van der Waals surface area contributed by atoms with Gasteiger partial charge >= 0.3 is 6.01 Å². The summed E-state index contributed by atoms with van der Waals surface area (Å²) in [6.45, 7) is 4.89. The van der Waals surface area contributed by atoms with Gasteiger partial charge in [-0.05, 0) is 25.2 Å². The SMILES string of the molecule is CCCC1CCCN(c2nnc(CCN)o2)CC1. The molecule has 0 radical (unpaired) electrons. The van der Waals surface area contributed by atoms with E-state index in [9.17, 15) is 0 Å². The zero-order valence-corrected chi connectivity index (χ0v) is 11.3. The van der Waals surface area contributed by atoms with Gasteiger partial charge in [-0.25, -0.2) is 0 Å². The van der Waals surface area contributed by atoms with Crippen molar-refractivity contribution in [3.8, 4) is 0 Å². The molecular formula is C13H24N4O. The molecule has 2 N–H and O–H groups in total. The summed E-state index contributed by atoms with van der Waals surface area (Å²) in [6, 6.07) is 0.676. The molecule has 2 heterocycles. The van der Waals surface area contributed by atoms with Crippen LogP contribution in [0.4, 0.5) is 6.01 Å². The van der Waals surface area contributed by atoms with E-state index >= 15 is 0 Å². The number of hydrogen-bond acceptors (Lipinski definition) is 5. The van der Waals surface area contributed by atoms with E-state index in [1.54, 1.807) is 0 Å². The highest BCUT2D eigenvalue weighted by atomic mass is 16.4. The third-order valence-electron chi connectivity index (χ3n) is 3.63. The second-order valence-corrected chi connectivity index (χ2v) is 5.09. The number of hydrogen-bond donors (Lipinski definition) is 1. The molecule has 1 fully saturated rings. The fraction of sp³-hybridized carbons (Fsp3) is 0.846. The predicted molar refractivity (Wildman–Crippen MR) is 71.5 cm³/mol. The monoisotopic (exact) mass is 252 g/mol. The van der Waals surface area contributed by atoms with Crippen LogP contribution in [0, 0.1) is 5.92 Å². The second kappa shape index (κ2) is 6.73. The van der Waals surface area contributed by atoms with E-state index < -0.39 is 0 Å². The minimum atomic E-state index is 0.556. The van der Waals surface area contributed by atoms with Crippen LogP contribution in [0.25, 0.3) is 0 Å². The number of rotatable bonds is 5. The fourth-order valence-corrected chi connectivity index (χ4v) is 2.65. The van der Waals surface area contributed by atoms with E-state index in [-0.39, 0.29) is 0 Å². The average Bonchev–Trinajstić information content (AvgIpc) is 2.70. The summed E-state index contributed by atoms with van der Waals surface area (Å²) in [7, 11) is 0. The summed E-state index contributed by atoms with van der Waals surface area (Å²) in [5.74, 6) is 1.52. The van der Waals surface area contributed by atoms with E-state index in [1.807, 2.05) is 0 Å². The number of nitrogens with two attached hydrogens (primary N) is 1. The van der Waals surface area contributed by atoms with Gasteiger partial charge in [0.2, 0.25) is 5.89 Å². The van der Waals surface area contributed by atoms with Gasteiger partial charge in [0.05, 0.1) is 0 Å². The van der Waals surface area contributed by atoms with Crippen LogP contribution in [0.2, 0.25) is 0 Å². The van der Waals surface area contributed by atoms with Gasteiger partial charge < -0.3 is 15.1 Å². The molecule has 0 aromatic carbocycles. The van der Waals surface area contributed by atoms with Crippen LogP contribution < -0.4 is 10.6 Å². The Morgan fingerprint density at radius 3 is 3.00 bits per heavy atom. The van der Waals surface area contributed by atoms with Crippen molar-refractivity contribution in [3.63, 3.8) is 0 Å². The topological polar surface area (TPSA) is 68.2 Å². The van der Waals surface area contributed by atoms with Gasteiger partial charge in [0, 0.05) is 26.1 Å². The Kier molecular flexibility index (Phi) is 4.99. The second-order valence-electron chi connectivity index (χ2n) is 5.09. The maximum absolute atomic E-state index is 5.64. The molecule has 0 aliphatic carbocycles. The molecule has 1 unspecified atom stereocenters. The summed E-state index contributed by atoms with van der Waals surface area (Å²) >= 11 is 0. The third-order valence-corrected chi connectivity index (χ3v) is 3.63. The molecule has 0 saturated carbocycles. The van der Waals surface area contributed by atoms with E-state index in [4.69, 9.17) is 10.2 Å². The largest absolute Gasteiger partial charge is 0.408 e. The molecule has 1 aliphatic heterocycles. The molecule has 1 aromatic heterocycles. The van der Waals surface area contributed by atoms with Gasteiger partial charge in [-0.2, -0.15) is 0 Å². The molecule has 1 saturated heterocycles. The molecule has 5 heteroatoms. The molecule has 0 spiro atoms. The predicted octanol–water partition coefficient (Wildman–Crippen LogP) is 1.98. The van der Waals surface area contributed by atoms with Gasteiger partial charge in [0.25, 0.3) is 0 Å². The molecule has 1 atom stereocenters. The van der Waals surface area contributed by atoms with E-state index in [2.05, 4.69) is 22.0 Å². The molecule has 2 rings (SSSR count). The number of aromatic nitrogens is 2. The van der Waals surface area contributed by atoms with E-state index in [1.165, 1.54) is 32.1 Å². The summed E-state index contributed by atoms with van der Waals surface area (Å²) < 4.78 is 5.64. The average molecular weight is 252 g/mol. The Morgan fingerprint density at radius 1 is 1.33 bits per heavy atom. The molecule has 18 heavy (non-hydrogen) atoms. The maximum atomic E-state index is 5.64. The van der Waals surface area contributed by atoms with Crippen LogP contribution in [0.5, 0.6) is 0 Å². The van der Waals surface area contributed by atoms with Crippen molar-refractivity contribution in [3.05, 3.63) is 5.89 Å². The first kappa shape index (κ1) is 13.3. The van der Waals surface area contributed by atoms with E-state index in [0.717, 1.165) is 19.0 Å². The van der Waals surface area contributed by atoms with Crippen LogP contribution in [-0.4, -0.2) is 29.8 Å². The zero-order valence-electron chi connectivity index (χ0n) is 11.3. The first-order chi connectivity index (χ1) is 8.83. The molecule has 1 aliphatic rings.